The predicted molar refractivity (Wildman–Crippen MR) is 98.8 cm³/mol. The minimum atomic E-state index is -0.318. The number of nitrogens with one attached hydrogen (secondary N) is 2. The van der Waals surface area contributed by atoms with Gasteiger partial charge in [-0.1, -0.05) is 6.42 Å². The Labute approximate surface area is 149 Å². The highest BCUT2D eigenvalue weighted by Crippen LogP contribution is 2.16. The number of benzene rings is 1. The molecule has 1 aromatic rings. The van der Waals surface area contributed by atoms with Crippen LogP contribution in [-0.2, 0) is 6.54 Å². The molecule has 136 valence electrons. The monoisotopic (exact) mass is 345 g/mol. The summed E-state index contributed by atoms with van der Waals surface area (Å²) in [6.45, 7) is 5.71. The zero-order valence-electron chi connectivity index (χ0n) is 15.2. The topological polar surface area (TPSA) is 63.5 Å². The molecule has 0 bridgehead atoms. The maximum Gasteiger partial charge on any atom is 0.191 e. The molecule has 0 saturated carbocycles. The molecular formula is C19H28FN5. The van der Waals surface area contributed by atoms with E-state index in [1.165, 1.54) is 37.9 Å². The second-order valence-electron chi connectivity index (χ2n) is 6.50. The first-order valence-corrected chi connectivity index (χ1v) is 9.01. The van der Waals surface area contributed by atoms with Crippen molar-refractivity contribution in [2.24, 2.45) is 4.99 Å². The minimum Gasteiger partial charge on any atom is -0.356 e. The average molecular weight is 345 g/mol. The quantitative estimate of drug-likeness (QED) is 0.473. The normalized spacial score (nSPS) is 18.6. The number of likely N-dealkylation sites (tertiary alicyclic amines) is 1. The molecular weight excluding hydrogens is 317 g/mol. The zero-order valence-corrected chi connectivity index (χ0v) is 15.2. The van der Waals surface area contributed by atoms with E-state index in [0.717, 1.165) is 19.5 Å². The Morgan fingerprint density at radius 2 is 2.24 bits per heavy atom. The number of hydrogen-bond acceptors (Lipinski definition) is 3. The maximum absolute atomic E-state index is 13.8. The Morgan fingerprint density at radius 1 is 1.40 bits per heavy atom. The molecule has 1 atom stereocenters. The molecule has 2 N–H and O–H groups in total. The summed E-state index contributed by atoms with van der Waals surface area (Å²) in [5.41, 5.74) is 0.918. The van der Waals surface area contributed by atoms with E-state index >= 15 is 0 Å². The number of rotatable bonds is 6. The molecule has 0 aromatic heterocycles. The van der Waals surface area contributed by atoms with Gasteiger partial charge < -0.3 is 15.5 Å². The largest absolute Gasteiger partial charge is 0.356 e. The van der Waals surface area contributed by atoms with Gasteiger partial charge in [0.05, 0.1) is 11.6 Å². The van der Waals surface area contributed by atoms with E-state index in [2.05, 4.69) is 27.4 Å². The minimum absolute atomic E-state index is 0.296. The second kappa shape index (κ2) is 10.00. The van der Waals surface area contributed by atoms with Crippen LogP contribution in [0.2, 0.25) is 0 Å². The Hall–Kier alpha value is -2.13. The van der Waals surface area contributed by atoms with Gasteiger partial charge in [-0.25, -0.2) is 4.39 Å². The first kappa shape index (κ1) is 19.2. The molecule has 1 saturated heterocycles. The van der Waals surface area contributed by atoms with Gasteiger partial charge in [-0.3, -0.25) is 4.99 Å². The fourth-order valence-electron chi connectivity index (χ4n) is 3.16. The van der Waals surface area contributed by atoms with E-state index in [-0.39, 0.29) is 5.82 Å². The van der Waals surface area contributed by atoms with Gasteiger partial charge in [0, 0.05) is 38.3 Å². The smallest absolute Gasteiger partial charge is 0.191 e. The lowest BCUT2D eigenvalue weighted by molar-refractivity contribution is 0.159. The third-order valence-electron chi connectivity index (χ3n) is 4.70. The lowest BCUT2D eigenvalue weighted by Gasteiger charge is -2.33. The van der Waals surface area contributed by atoms with Crippen LogP contribution < -0.4 is 10.6 Å². The Morgan fingerprint density at radius 3 is 2.96 bits per heavy atom. The fraction of sp³-hybridized carbons (Fsp3) is 0.579. The second-order valence-corrected chi connectivity index (χ2v) is 6.50. The average Bonchev–Trinajstić information content (AvgIpc) is 2.63. The van der Waals surface area contributed by atoms with Crippen LogP contribution in [0, 0.1) is 17.1 Å². The van der Waals surface area contributed by atoms with Gasteiger partial charge in [-0.05, 0) is 50.9 Å². The third-order valence-corrected chi connectivity index (χ3v) is 4.70. The first-order chi connectivity index (χ1) is 12.1. The summed E-state index contributed by atoms with van der Waals surface area (Å²) < 4.78 is 13.8. The lowest BCUT2D eigenvalue weighted by Crippen LogP contribution is -2.41. The first-order valence-electron chi connectivity index (χ1n) is 9.01. The van der Waals surface area contributed by atoms with Crippen molar-refractivity contribution in [3.8, 4) is 6.07 Å². The third kappa shape index (κ3) is 6.02. The molecule has 25 heavy (non-hydrogen) atoms. The van der Waals surface area contributed by atoms with E-state index in [1.54, 1.807) is 13.1 Å². The molecule has 0 radical (unpaired) electrons. The summed E-state index contributed by atoms with van der Waals surface area (Å²) in [4.78, 5) is 6.71. The molecule has 0 aliphatic carbocycles. The van der Waals surface area contributed by atoms with Crippen molar-refractivity contribution < 1.29 is 4.39 Å². The van der Waals surface area contributed by atoms with Crippen molar-refractivity contribution >= 4 is 5.96 Å². The number of aliphatic imine (C=N–C) groups is 1. The van der Waals surface area contributed by atoms with Gasteiger partial charge in [-0.2, -0.15) is 5.26 Å². The van der Waals surface area contributed by atoms with Crippen LogP contribution in [0.1, 0.15) is 43.7 Å². The van der Waals surface area contributed by atoms with Gasteiger partial charge in [0.2, 0.25) is 0 Å². The van der Waals surface area contributed by atoms with E-state index in [4.69, 9.17) is 5.26 Å². The van der Waals surface area contributed by atoms with Crippen LogP contribution in [0.4, 0.5) is 4.39 Å². The SMILES string of the molecule is CN=C(NCCCN1CCCCC1C)NCc1cc(C#N)ccc1F. The van der Waals surface area contributed by atoms with Gasteiger partial charge >= 0.3 is 0 Å². The van der Waals surface area contributed by atoms with E-state index in [1.807, 2.05) is 6.07 Å². The molecule has 0 spiro atoms. The summed E-state index contributed by atoms with van der Waals surface area (Å²) in [6.07, 6.45) is 4.98. The molecule has 1 heterocycles. The van der Waals surface area contributed by atoms with Crippen LogP contribution in [0.3, 0.4) is 0 Å². The van der Waals surface area contributed by atoms with E-state index < -0.39 is 0 Å². The highest BCUT2D eigenvalue weighted by molar-refractivity contribution is 5.79. The number of nitriles is 1. The molecule has 1 fully saturated rings. The highest BCUT2D eigenvalue weighted by Gasteiger charge is 2.17. The maximum atomic E-state index is 13.8. The molecule has 1 aromatic carbocycles. The Balaban J connectivity index is 1.73. The van der Waals surface area contributed by atoms with Crippen LogP contribution in [0.5, 0.6) is 0 Å². The molecule has 5 nitrogen and oxygen atoms in total. The summed E-state index contributed by atoms with van der Waals surface area (Å²) in [5.74, 6) is 0.328. The highest BCUT2D eigenvalue weighted by atomic mass is 19.1. The van der Waals surface area contributed by atoms with Gasteiger partial charge in [0.25, 0.3) is 0 Å². The number of halogens is 1. The van der Waals surface area contributed by atoms with Gasteiger partial charge in [-0.15, -0.1) is 0 Å². The molecule has 1 aliphatic rings. The van der Waals surface area contributed by atoms with Crippen molar-refractivity contribution in [2.45, 2.75) is 45.2 Å². The Bertz CT molecular complexity index is 623. The van der Waals surface area contributed by atoms with Gasteiger partial charge in [0.15, 0.2) is 5.96 Å². The molecule has 1 aliphatic heterocycles. The van der Waals surface area contributed by atoms with E-state index in [9.17, 15) is 4.39 Å². The van der Waals surface area contributed by atoms with Crippen molar-refractivity contribution in [1.82, 2.24) is 15.5 Å². The van der Waals surface area contributed by atoms with Gasteiger partial charge in [0.1, 0.15) is 5.82 Å². The summed E-state index contributed by atoms with van der Waals surface area (Å²) in [6, 6.07) is 7.08. The van der Waals surface area contributed by atoms with E-state index in [0.29, 0.717) is 29.7 Å². The number of piperidine rings is 1. The van der Waals surface area contributed by atoms with Crippen LogP contribution >= 0.6 is 0 Å². The summed E-state index contributed by atoms with van der Waals surface area (Å²) >= 11 is 0. The van der Waals surface area contributed by atoms with Crippen molar-refractivity contribution in [3.63, 3.8) is 0 Å². The number of guanidine groups is 1. The molecule has 2 rings (SSSR count). The van der Waals surface area contributed by atoms with Crippen LogP contribution in [0.15, 0.2) is 23.2 Å². The lowest BCUT2D eigenvalue weighted by atomic mass is 10.0. The van der Waals surface area contributed by atoms with Crippen LogP contribution in [-0.4, -0.2) is 43.6 Å². The number of hydrogen-bond donors (Lipinski definition) is 2. The van der Waals surface area contributed by atoms with Crippen molar-refractivity contribution in [1.29, 1.82) is 5.26 Å². The Kier molecular flexibility index (Phi) is 7.68. The summed E-state index contributed by atoms with van der Waals surface area (Å²) in [5, 5.41) is 15.3. The van der Waals surface area contributed by atoms with Crippen LogP contribution in [0.25, 0.3) is 0 Å². The molecule has 1 unspecified atom stereocenters. The van der Waals surface area contributed by atoms with Crippen molar-refractivity contribution in [2.75, 3.05) is 26.7 Å². The summed E-state index contributed by atoms with van der Waals surface area (Å²) in [7, 11) is 1.70. The predicted octanol–water partition coefficient (Wildman–Crippen LogP) is 2.63. The molecule has 6 heteroatoms. The number of nitrogens with zero attached hydrogens (tertiary/aromatic N) is 3. The standard InChI is InChI=1S/C19H28FN5/c1-15-6-3-4-10-25(15)11-5-9-23-19(22-2)24-14-17-12-16(13-21)7-8-18(17)20/h7-8,12,15H,3-6,9-11,14H2,1-2H3,(H2,22,23,24). The molecule has 0 amide bonds. The fourth-order valence-corrected chi connectivity index (χ4v) is 3.16. The zero-order chi connectivity index (χ0) is 18.1. The van der Waals surface area contributed by atoms with Crippen molar-refractivity contribution in [3.05, 3.63) is 35.1 Å².